The summed E-state index contributed by atoms with van der Waals surface area (Å²) < 4.78 is 86.8. The average molecular weight is 398 g/mol. The molecule has 0 amide bonds. The zero-order chi connectivity index (χ0) is 19.5. The standard InChI is InChI=1S/C19H14F4O3S/c1-9-2-6-12(7-3-9)27(24,25)26-19-11-5-4-10(8-11)13-14(19)16(21)18(23)17(22)15(13)20/h2-7,10-11,19H,8H2,1H3/t10-,11+,19+/m1/s1. The number of halogens is 4. The van der Waals surface area contributed by atoms with Crippen molar-refractivity contribution in [2.75, 3.05) is 0 Å². The fraction of sp³-hybridized carbons (Fsp3) is 0.263. The minimum absolute atomic E-state index is 0.165. The van der Waals surface area contributed by atoms with Gasteiger partial charge in [-0.15, -0.1) is 0 Å². The zero-order valence-corrected chi connectivity index (χ0v) is 14.9. The summed E-state index contributed by atoms with van der Waals surface area (Å²) >= 11 is 0. The second-order valence-electron chi connectivity index (χ2n) is 6.76. The van der Waals surface area contributed by atoms with E-state index < -0.39 is 56.9 Å². The van der Waals surface area contributed by atoms with Gasteiger partial charge in [0.2, 0.25) is 0 Å². The summed E-state index contributed by atoms with van der Waals surface area (Å²) in [4.78, 5) is -0.165. The molecule has 0 radical (unpaired) electrons. The molecule has 0 unspecified atom stereocenters. The van der Waals surface area contributed by atoms with E-state index in [1.807, 2.05) is 0 Å². The highest BCUT2D eigenvalue weighted by Gasteiger charge is 2.45. The molecule has 2 aliphatic rings. The van der Waals surface area contributed by atoms with Gasteiger partial charge in [0.05, 0.1) is 4.90 Å². The van der Waals surface area contributed by atoms with Crippen molar-refractivity contribution in [2.45, 2.75) is 30.3 Å². The Bertz CT molecular complexity index is 1060. The molecule has 0 saturated heterocycles. The Balaban J connectivity index is 1.84. The molecule has 2 aromatic rings. The molecule has 0 heterocycles. The first kappa shape index (κ1) is 18.2. The van der Waals surface area contributed by atoms with E-state index in [4.69, 9.17) is 4.18 Å². The highest BCUT2D eigenvalue weighted by molar-refractivity contribution is 7.86. The Kier molecular flexibility index (Phi) is 4.16. The van der Waals surface area contributed by atoms with Gasteiger partial charge in [0, 0.05) is 23.0 Å². The lowest BCUT2D eigenvalue weighted by molar-refractivity contribution is 0.145. The first-order valence-electron chi connectivity index (χ1n) is 8.24. The normalized spacial score (nSPS) is 23.5. The highest BCUT2D eigenvalue weighted by atomic mass is 32.2. The number of fused-ring (bicyclic) bond motifs is 4. The monoisotopic (exact) mass is 398 g/mol. The molecule has 0 spiro atoms. The van der Waals surface area contributed by atoms with Crippen LogP contribution < -0.4 is 0 Å². The van der Waals surface area contributed by atoms with Gasteiger partial charge in [0.1, 0.15) is 6.10 Å². The summed E-state index contributed by atoms with van der Waals surface area (Å²) in [6.07, 6.45) is 1.84. The van der Waals surface area contributed by atoms with Gasteiger partial charge in [-0.05, 0) is 25.5 Å². The Morgan fingerprint density at radius 2 is 1.48 bits per heavy atom. The van der Waals surface area contributed by atoms with Gasteiger partial charge in [0.25, 0.3) is 10.1 Å². The van der Waals surface area contributed by atoms with Gasteiger partial charge in [-0.25, -0.2) is 17.6 Å². The third kappa shape index (κ3) is 2.78. The van der Waals surface area contributed by atoms with E-state index in [2.05, 4.69) is 0 Å². The lowest BCUT2D eigenvalue weighted by Gasteiger charge is -2.32. The number of rotatable bonds is 3. The molecule has 3 atom stereocenters. The van der Waals surface area contributed by atoms with Crippen LogP contribution in [0.5, 0.6) is 0 Å². The van der Waals surface area contributed by atoms with Crippen LogP contribution in [-0.2, 0) is 14.3 Å². The van der Waals surface area contributed by atoms with Gasteiger partial charge < -0.3 is 0 Å². The van der Waals surface area contributed by atoms with Gasteiger partial charge in [-0.3, -0.25) is 4.18 Å². The lowest BCUT2D eigenvalue weighted by Crippen LogP contribution is -2.27. The summed E-state index contributed by atoms with van der Waals surface area (Å²) in [7, 11) is -4.34. The predicted octanol–water partition coefficient (Wildman–Crippen LogP) is 4.67. The molecule has 27 heavy (non-hydrogen) atoms. The summed E-state index contributed by atoms with van der Waals surface area (Å²) in [5.74, 6) is -8.27. The molecule has 3 nitrogen and oxygen atoms in total. The average Bonchev–Trinajstić information content (AvgIpc) is 3.05. The van der Waals surface area contributed by atoms with E-state index in [1.165, 1.54) is 18.2 Å². The third-order valence-corrected chi connectivity index (χ3v) is 6.35. The molecule has 2 bridgehead atoms. The van der Waals surface area contributed by atoms with Crippen LogP contribution in [0.4, 0.5) is 17.6 Å². The zero-order valence-electron chi connectivity index (χ0n) is 14.0. The summed E-state index contributed by atoms with van der Waals surface area (Å²) in [6.45, 7) is 1.77. The minimum atomic E-state index is -4.34. The van der Waals surface area contributed by atoms with Crippen LogP contribution in [0.1, 0.15) is 35.1 Å². The number of hydrogen-bond acceptors (Lipinski definition) is 3. The van der Waals surface area contributed by atoms with E-state index in [0.717, 1.165) is 5.56 Å². The SMILES string of the molecule is Cc1ccc(S(=O)(=O)O[C@@H]2c3c(F)c(F)c(F)c(F)c3[C@@H]3C=C[C@H]2C3)cc1. The highest BCUT2D eigenvalue weighted by Crippen LogP contribution is 2.51. The molecule has 8 heteroatoms. The van der Waals surface area contributed by atoms with E-state index in [0.29, 0.717) is 0 Å². The van der Waals surface area contributed by atoms with Crippen molar-refractivity contribution in [3.63, 3.8) is 0 Å². The van der Waals surface area contributed by atoms with Crippen LogP contribution in [0.15, 0.2) is 41.3 Å². The second-order valence-corrected chi connectivity index (χ2v) is 8.33. The van der Waals surface area contributed by atoms with Crippen molar-refractivity contribution >= 4 is 10.1 Å². The molecule has 0 aromatic heterocycles. The first-order valence-corrected chi connectivity index (χ1v) is 9.65. The number of hydrogen-bond donors (Lipinski definition) is 0. The Labute approximate surface area is 153 Å². The summed E-state index contributed by atoms with van der Waals surface area (Å²) in [5, 5.41) is 0. The summed E-state index contributed by atoms with van der Waals surface area (Å²) in [5.41, 5.74) is -0.141. The van der Waals surface area contributed by atoms with Crippen LogP contribution in [-0.4, -0.2) is 8.42 Å². The van der Waals surface area contributed by atoms with Crippen molar-refractivity contribution in [1.29, 1.82) is 0 Å². The smallest absolute Gasteiger partial charge is 0.257 e. The quantitative estimate of drug-likeness (QED) is 0.248. The molecular weight excluding hydrogens is 384 g/mol. The van der Waals surface area contributed by atoms with Crippen molar-refractivity contribution < 1.29 is 30.2 Å². The molecule has 0 fully saturated rings. The van der Waals surface area contributed by atoms with Crippen LogP contribution in [0, 0.1) is 36.1 Å². The molecule has 0 N–H and O–H groups in total. The maximum absolute atomic E-state index is 14.5. The van der Waals surface area contributed by atoms with Crippen LogP contribution in [0.3, 0.4) is 0 Å². The number of aryl methyl sites for hydroxylation is 1. The molecule has 2 aromatic carbocycles. The van der Waals surface area contributed by atoms with Crippen LogP contribution in [0.2, 0.25) is 0 Å². The third-order valence-electron chi connectivity index (χ3n) is 5.04. The van der Waals surface area contributed by atoms with Crippen molar-refractivity contribution in [2.24, 2.45) is 5.92 Å². The number of allylic oxidation sites excluding steroid dienone is 1. The van der Waals surface area contributed by atoms with Crippen molar-refractivity contribution in [3.8, 4) is 0 Å². The molecule has 4 rings (SSSR count). The summed E-state index contributed by atoms with van der Waals surface area (Å²) in [6, 6.07) is 5.77. The molecular formula is C19H14F4O3S. The van der Waals surface area contributed by atoms with E-state index in [-0.39, 0.29) is 16.9 Å². The minimum Gasteiger partial charge on any atom is -0.257 e. The van der Waals surface area contributed by atoms with Gasteiger partial charge >= 0.3 is 0 Å². The van der Waals surface area contributed by atoms with Crippen LogP contribution in [0.25, 0.3) is 0 Å². The lowest BCUT2D eigenvalue weighted by atomic mass is 9.79. The van der Waals surface area contributed by atoms with Gasteiger partial charge in [-0.2, -0.15) is 8.42 Å². The fourth-order valence-electron chi connectivity index (χ4n) is 3.70. The van der Waals surface area contributed by atoms with Crippen LogP contribution >= 0.6 is 0 Å². The Morgan fingerprint density at radius 3 is 2.11 bits per heavy atom. The van der Waals surface area contributed by atoms with E-state index in [9.17, 15) is 26.0 Å². The molecule has 142 valence electrons. The Morgan fingerprint density at radius 1 is 0.889 bits per heavy atom. The molecule has 0 aliphatic heterocycles. The predicted molar refractivity (Wildman–Crippen MR) is 88.5 cm³/mol. The van der Waals surface area contributed by atoms with E-state index >= 15 is 0 Å². The van der Waals surface area contributed by atoms with Gasteiger partial charge in [-0.1, -0.05) is 29.8 Å². The van der Waals surface area contributed by atoms with Gasteiger partial charge in [0.15, 0.2) is 23.3 Å². The second kappa shape index (κ2) is 6.17. The maximum atomic E-state index is 14.5. The largest absolute Gasteiger partial charge is 0.297 e. The first-order chi connectivity index (χ1) is 12.7. The fourth-order valence-corrected chi connectivity index (χ4v) is 4.80. The molecule has 2 aliphatic carbocycles. The van der Waals surface area contributed by atoms with E-state index in [1.54, 1.807) is 25.1 Å². The molecule has 0 saturated carbocycles. The Hall–Kier alpha value is -2.19. The number of benzene rings is 2. The topological polar surface area (TPSA) is 43.4 Å². The van der Waals surface area contributed by atoms with Crippen molar-refractivity contribution in [1.82, 2.24) is 0 Å². The maximum Gasteiger partial charge on any atom is 0.297 e. The van der Waals surface area contributed by atoms with Crippen molar-refractivity contribution in [3.05, 3.63) is 76.4 Å².